The molecule has 186 valence electrons. The Hall–Kier alpha value is -3.98. The minimum atomic E-state index is -1.25. The van der Waals surface area contributed by atoms with Gasteiger partial charge >= 0.3 is 0 Å². The minimum absolute atomic E-state index is 0.257. The lowest BCUT2D eigenvalue weighted by molar-refractivity contribution is -0.126. The second-order valence-electron chi connectivity index (χ2n) is 8.74. The van der Waals surface area contributed by atoms with Crippen LogP contribution in [0.15, 0.2) is 60.0 Å². The molecule has 0 unspecified atom stereocenters. The summed E-state index contributed by atoms with van der Waals surface area (Å²) in [5, 5.41) is 6.00. The minimum Gasteiger partial charge on any atom is -0.497 e. The van der Waals surface area contributed by atoms with Gasteiger partial charge in [-0.25, -0.2) is 0 Å². The van der Waals surface area contributed by atoms with Gasteiger partial charge in [-0.2, -0.15) is 0 Å². The number of rotatable bonds is 7. The van der Waals surface area contributed by atoms with Crippen LogP contribution in [-0.4, -0.2) is 43.2 Å². The number of hydrogen-bond donors (Lipinski definition) is 1. The highest BCUT2D eigenvalue weighted by Crippen LogP contribution is 2.42. The van der Waals surface area contributed by atoms with Crippen molar-refractivity contribution in [2.45, 2.75) is 25.6 Å². The molecular weight excluding hydrogens is 478 g/mol. The third kappa shape index (κ3) is 3.76. The molecule has 0 fully saturated rings. The van der Waals surface area contributed by atoms with E-state index in [0.29, 0.717) is 28.6 Å². The van der Waals surface area contributed by atoms with Gasteiger partial charge in [0.05, 0.1) is 33.6 Å². The van der Waals surface area contributed by atoms with E-state index in [4.69, 9.17) is 14.2 Å². The number of amides is 2. The molecule has 0 bridgehead atoms. The van der Waals surface area contributed by atoms with E-state index < -0.39 is 5.54 Å². The zero-order chi connectivity index (χ0) is 25.4. The first-order chi connectivity index (χ1) is 17.4. The number of carbonyl (C=O) groups excluding carboxylic acids is 2. The van der Waals surface area contributed by atoms with E-state index in [1.807, 2.05) is 46.3 Å². The van der Waals surface area contributed by atoms with Crippen molar-refractivity contribution in [1.82, 2.24) is 9.88 Å². The van der Waals surface area contributed by atoms with E-state index in [1.54, 1.807) is 55.6 Å². The molecule has 1 atom stereocenters. The number of carbonyl (C=O) groups is 2. The largest absolute Gasteiger partial charge is 0.497 e. The van der Waals surface area contributed by atoms with Gasteiger partial charge in [0.25, 0.3) is 5.91 Å². The summed E-state index contributed by atoms with van der Waals surface area (Å²) < 4.78 is 18.3. The molecule has 0 spiro atoms. The highest BCUT2D eigenvalue weighted by molar-refractivity contribution is 7.16. The summed E-state index contributed by atoms with van der Waals surface area (Å²) in [5.74, 6) is 1.15. The summed E-state index contributed by atoms with van der Waals surface area (Å²) in [6, 6.07) is 16.6. The Balaban J connectivity index is 1.59. The Morgan fingerprint density at radius 2 is 1.81 bits per heavy atom. The predicted molar refractivity (Wildman–Crippen MR) is 139 cm³/mol. The maximum absolute atomic E-state index is 14.0. The van der Waals surface area contributed by atoms with Crippen LogP contribution in [-0.2, 0) is 17.9 Å². The van der Waals surface area contributed by atoms with Crippen LogP contribution < -0.4 is 24.4 Å². The van der Waals surface area contributed by atoms with Crippen molar-refractivity contribution in [2.24, 2.45) is 0 Å². The highest BCUT2D eigenvalue weighted by Gasteiger charge is 2.49. The molecule has 2 aromatic carbocycles. The number of hydrogen-bond acceptors (Lipinski definition) is 6. The van der Waals surface area contributed by atoms with E-state index in [0.717, 1.165) is 15.8 Å². The van der Waals surface area contributed by atoms with Crippen LogP contribution >= 0.6 is 11.3 Å². The lowest BCUT2D eigenvalue weighted by Gasteiger charge is -2.44. The van der Waals surface area contributed by atoms with Crippen molar-refractivity contribution >= 4 is 39.1 Å². The summed E-state index contributed by atoms with van der Waals surface area (Å²) >= 11 is 1.55. The first-order valence-electron chi connectivity index (χ1n) is 11.4. The Morgan fingerprint density at radius 3 is 2.56 bits per heavy atom. The van der Waals surface area contributed by atoms with E-state index in [-0.39, 0.29) is 24.9 Å². The zero-order valence-corrected chi connectivity index (χ0v) is 21.3. The summed E-state index contributed by atoms with van der Waals surface area (Å²) in [6.07, 6.45) is 0. The summed E-state index contributed by atoms with van der Waals surface area (Å²) in [5.41, 5.74) is 0.623. The van der Waals surface area contributed by atoms with E-state index in [2.05, 4.69) is 5.32 Å². The predicted octanol–water partition coefficient (Wildman–Crippen LogP) is 4.46. The third-order valence-corrected chi connectivity index (χ3v) is 7.58. The molecule has 0 radical (unpaired) electrons. The SMILES string of the molecule is COc1ccc(N2C(=O)c3cc4ccsc4n3C[C@@]2(C)C(=O)NCc2ccccc2OC)c(OC)c1. The smallest absolute Gasteiger partial charge is 0.276 e. The van der Waals surface area contributed by atoms with Crippen LogP contribution in [0, 0.1) is 0 Å². The van der Waals surface area contributed by atoms with E-state index in [9.17, 15) is 9.59 Å². The van der Waals surface area contributed by atoms with Crippen molar-refractivity contribution in [3.05, 3.63) is 71.2 Å². The van der Waals surface area contributed by atoms with Crippen molar-refractivity contribution in [2.75, 3.05) is 26.2 Å². The maximum Gasteiger partial charge on any atom is 0.276 e. The fourth-order valence-corrected chi connectivity index (χ4v) is 5.66. The molecule has 0 saturated heterocycles. The van der Waals surface area contributed by atoms with Gasteiger partial charge in [0.2, 0.25) is 5.91 Å². The molecule has 1 aliphatic rings. The van der Waals surface area contributed by atoms with Crippen LogP contribution in [0.3, 0.4) is 0 Å². The molecule has 2 aromatic heterocycles. The lowest BCUT2D eigenvalue weighted by Crippen LogP contribution is -2.64. The Bertz CT molecular complexity index is 1460. The van der Waals surface area contributed by atoms with Crippen molar-refractivity contribution in [3.63, 3.8) is 0 Å². The number of nitrogens with one attached hydrogen (secondary N) is 1. The average Bonchev–Trinajstić information content (AvgIpc) is 3.50. The third-order valence-electron chi connectivity index (χ3n) is 6.63. The van der Waals surface area contributed by atoms with Gasteiger partial charge < -0.3 is 24.1 Å². The highest BCUT2D eigenvalue weighted by atomic mass is 32.1. The topological polar surface area (TPSA) is 82.0 Å². The number of fused-ring (bicyclic) bond motifs is 3. The molecule has 1 aliphatic heterocycles. The van der Waals surface area contributed by atoms with Crippen molar-refractivity contribution < 1.29 is 23.8 Å². The monoisotopic (exact) mass is 505 g/mol. The molecular formula is C27H27N3O5S. The van der Waals surface area contributed by atoms with Gasteiger partial charge in [0.15, 0.2) is 0 Å². The van der Waals surface area contributed by atoms with Crippen LogP contribution in [0.5, 0.6) is 17.2 Å². The quantitative estimate of drug-likeness (QED) is 0.401. The molecule has 9 heteroatoms. The summed E-state index contributed by atoms with van der Waals surface area (Å²) in [7, 11) is 4.69. The molecule has 8 nitrogen and oxygen atoms in total. The Kier molecular flexibility index (Phi) is 6.09. The fraction of sp³-hybridized carbons (Fsp3) is 0.259. The summed E-state index contributed by atoms with van der Waals surface area (Å²) in [4.78, 5) is 30.5. The van der Waals surface area contributed by atoms with Crippen LogP contribution in [0.4, 0.5) is 5.69 Å². The van der Waals surface area contributed by atoms with Crippen molar-refractivity contribution in [1.29, 1.82) is 0 Å². The lowest BCUT2D eigenvalue weighted by atomic mass is 9.93. The second kappa shape index (κ2) is 9.23. The molecule has 3 heterocycles. The number of thiophene rings is 1. The number of para-hydroxylation sites is 1. The number of aromatic nitrogens is 1. The first-order valence-corrected chi connectivity index (χ1v) is 12.3. The van der Waals surface area contributed by atoms with Crippen LogP contribution in [0.2, 0.25) is 0 Å². The van der Waals surface area contributed by atoms with Gasteiger partial charge in [-0.15, -0.1) is 11.3 Å². The number of benzene rings is 2. The second-order valence-corrected chi connectivity index (χ2v) is 9.64. The molecule has 0 saturated carbocycles. The maximum atomic E-state index is 14.0. The van der Waals surface area contributed by atoms with Gasteiger partial charge in [0.1, 0.15) is 33.3 Å². The molecule has 4 aromatic rings. The van der Waals surface area contributed by atoms with Gasteiger partial charge in [0, 0.05) is 23.6 Å². The van der Waals surface area contributed by atoms with Crippen LogP contribution in [0.25, 0.3) is 10.2 Å². The standard InChI is InChI=1S/C27H27N3O5S/c1-27(26(32)28-15-18-7-5-6-8-22(18)34-3)16-29-21(13-17-11-12-36-25(17)29)24(31)30(27)20-10-9-19(33-2)14-23(20)35-4/h5-14H,15-16H2,1-4H3,(H,28,32)/t27-/m0/s1. The number of methoxy groups -OCH3 is 3. The van der Waals surface area contributed by atoms with Crippen LogP contribution in [0.1, 0.15) is 23.0 Å². The summed E-state index contributed by atoms with van der Waals surface area (Å²) in [6.45, 7) is 2.33. The van der Waals surface area contributed by atoms with E-state index in [1.165, 1.54) is 7.11 Å². The molecule has 5 rings (SSSR count). The fourth-order valence-electron chi connectivity index (χ4n) is 4.76. The molecule has 0 aliphatic carbocycles. The number of anilines is 1. The Morgan fingerprint density at radius 1 is 1.03 bits per heavy atom. The molecule has 2 amide bonds. The van der Waals surface area contributed by atoms with Gasteiger partial charge in [-0.05, 0) is 42.6 Å². The van der Waals surface area contributed by atoms with Gasteiger partial charge in [-0.3, -0.25) is 14.5 Å². The van der Waals surface area contributed by atoms with Crippen molar-refractivity contribution in [3.8, 4) is 17.2 Å². The number of ether oxygens (including phenoxy) is 3. The van der Waals surface area contributed by atoms with Gasteiger partial charge in [-0.1, -0.05) is 18.2 Å². The van der Waals surface area contributed by atoms with E-state index >= 15 is 0 Å². The Labute approximate surface area is 213 Å². The number of nitrogens with zero attached hydrogens (tertiary/aromatic N) is 2. The average molecular weight is 506 g/mol. The molecule has 36 heavy (non-hydrogen) atoms. The zero-order valence-electron chi connectivity index (χ0n) is 20.5. The first kappa shape index (κ1) is 23.7. The normalized spacial score (nSPS) is 17.1. The molecule has 1 N–H and O–H groups in total.